The summed E-state index contributed by atoms with van der Waals surface area (Å²) < 4.78 is 0. The van der Waals surface area contributed by atoms with Crippen molar-refractivity contribution in [3.8, 4) is 0 Å². The van der Waals surface area contributed by atoms with Gasteiger partial charge in [-0.15, -0.1) is 0 Å². The van der Waals surface area contributed by atoms with Gasteiger partial charge in [0.15, 0.2) is 0 Å². The monoisotopic (exact) mass is 372 g/mol. The quantitative estimate of drug-likeness (QED) is 0.809. The van der Waals surface area contributed by atoms with Crippen LogP contribution in [0.15, 0.2) is 30.3 Å². The van der Waals surface area contributed by atoms with Gasteiger partial charge in [0.05, 0.1) is 6.54 Å². The number of hydrogen-bond donors (Lipinski definition) is 1. The van der Waals surface area contributed by atoms with E-state index in [9.17, 15) is 9.59 Å². The molecule has 2 heterocycles. The molecule has 27 heavy (non-hydrogen) atoms. The van der Waals surface area contributed by atoms with Gasteiger partial charge in [0.1, 0.15) is 0 Å². The first-order valence-corrected chi connectivity index (χ1v) is 10.1. The summed E-state index contributed by atoms with van der Waals surface area (Å²) in [6.07, 6.45) is 2.80. The fourth-order valence-electron chi connectivity index (χ4n) is 3.92. The minimum atomic E-state index is 0.119. The second-order valence-electron chi connectivity index (χ2n) is 7.70. The van der Waals surface area contributed by atoms with E-state index in [1.165, 1.54) is 5.56 Å². The van der Waals surface area contributed by atoms with Crippen LogP contribution in [0, 0.1) is 0 Å². The van der Waals surface area contributed by atoms with Crippen molar-refractivity contribution >= 4 is 11.8 Å². The predicted molar refractivity (Wildman–Crippen MR) is 106 cm³/mol. The Hall–Kier alpha value is -1.92. The lowest BCUT2D eigenvalue weighted by Crippen LogP contribution is -2.52. The lowest BCUT2D eigenvalue weighted by atomic mass is 10.1. The number of hydrogen-bond acceptors (Lipinski definition) is 4. The fraction of sp³-hybridized carbons (Fsp3) is 0.619. The highest BCUT2D eigenvalue weighted by Gasteiger charge is 2.23. The molecule has 2 amide bonds. The molecule has 0 saturated carbocycles. The van der Waals surface area contributed by atoms with Crippen LogP contribution >= 0.6 is 0 Å². The maximum absolute atomic E-state index is 12.3. The van der Waals surface area contributed by atoms with Crippen molar-refractivity contribution in [1.29, 1.82) is 0 Å². The molecule has 0 atom stereocenters. The fourth-order valence-corrected chi connectivity index (χ4v) is 3.92. The van der Waals surface area contributed by atoms with Gasteiger partial charge in [-0.3, -0.25) is 14.5 Å². The van der Waals surface area contributed by atoms with Crippen molar-refractivity contribution in [2.75, 3.05) is 52.4 Å². The molecule has 2 aliphatic heterocycles. The van der Waals surface area contributed by atoms with Crippen LogP contribution in [-0.4, -0.2) is 84.9 Å². The SMILES string of the molecule is CC(=O)N1CCC(NC(=O)CN2CCN(CCc3ccccc3)CC2)CC1. The maximum Gasteiger partial charge on any atom is 0.234 e. The molecule has 2 fully saturated rings. The summed E-state index contributed by atoms with van der Waals surface area (Å²) in [6, 6.07) is 10.8. The highest BCUT2D eigenvalue weighted by Crippen LogP contribution is 2.11. The third-order valence-corrected chi connectivity index (χ3v) is 5.70. The lowest BCUT2D eigenvalue weighted by molar-refractivity contribution is -0.130. The molecule has 1 N–H and O–H groups in total. The Morgan fingerprint density at radius 3 is 2.22 bits per heavy atom. The Morgan fingerprint density at radius 2 is 1.59 bits per heavy atom. The standard InChI is InChI=1S/C21H32N4O2/c1-18(26)25-11-8-20(9-12-25)22-21(27)17-24-15-13-23(14-16-24)10-7-19-5-3-2-4-6-19/h2-6,20H,7-17H2,1H3,(H,22,27). The molecule has 6 nitrogen and oxygen atoms in total. The molecular weight excluding hydrogens is 340 g/mol. The third kappa shape index (κ3) is 6.33. The molecular formula is C21H32N4O2. The zero-order valence-corrected chi connectivity index (χ0v) is 16.4. The highest BCUT2D eigenvalue weighted by molar-refractivity contribution is 5.78. The normalized spacial score (nSPS) is 19.8. The van der Waals surface area contributed by atoms with E-state index in [2.05, 4.69) is 45.4 Å². The summed E-state index contributed by atoms with van der Waals surface area (Å²) in [5.74, 6) is 0.249. The van der Waals surface area contributed by atoms with E-state index in [-0.39, 0.29) is 17.9 Å². The van der Waals surface area contributed by atoms with E-state index in [0.29, 0.717) is 6.54 Å². The summed E-state index contributed by atoms with van der Waals surface area (Å²) in [6.45, 7) is 8.63. The van der Waals surface area contributed by atoms with Gasteiger partial charge in [-0.1, -0.05) is 30.3 Å². The zero-order valence-electron chi connectivity index (χ0n) is 16.4. The van der Waals surface area contributed by atoms with Crippen molar-refractivity contribution in [3.05, 3.63) is 35.9 Å². The second kappa shape index (κ2) is 9.85. The number of carbonyl (C=O) groups is 2. The lowest BCUT2D eigenvalue weighted by Gasteiger charge is -2.35. The number of benzene rings is 1. The summed E-state index contributed by atoms with van der Waals surface area (Å²) >= 11 is 0. The van der Waals surface area contributed by atoms with Crippen molar-refractivity contribution < 1.29 is 9.59 Å². The van der Waals surface area contributed by atoms with Gasteiger partial charge >= 0.3 is 0 Å². The Labute approximate surface area is 162 Å². The topological polar surface area (TPSA) is 55.9 Å². The maximum atomic E-state index is 12.3. The smallest absolute Gasteiger partial charge is 0.234 e. The third-order valence-electron chi connectivity index (χ3n) is 5.70. The van der Waals surface area contributed by atoms with Gasteiger partial charge in [0.2, 0.25) is 11.8 Å². The molecule has 0 spiro atoms. The van der Waals surface area contributed by atoms with Crippen LogP contribution in [0.5, 0.6) is 0 Å². The minimum Gasteiger partial charge on any atom is -0.352 e. The van der Waals surface area contributed by atoms with Crippen molar-refractivity contribution in [2.24, 2.45) is 0 Å². The number of likely N-dealkylation sites (tertiary alicyclic amines) is 1. The van der Waals surface area contributed by atoms with Crippen molar-refractivity contribution in [3.63, 3.8) is 0 Å². The molecule has 0 aliphatic carbocycles. The average Bonchev–Trinajstić information content (AvgIpc) is 2.68. The Balaban J connectivity index is 1.31. The van der Waals surface area contributed by atoms with Crippen molar-refractivity contribution in [1.82, 2.24) is 20.0 Å². The molecule has 0 aromatic heterocycles. The van der Waals surface area contributed by atoms with Gasteiger partial charge in [0, 0.05) is 58.8 Å². The molecule has 0 radical (unpaired) electrons. The molecule has 2 saturated heterocycles. The molecule has 0 unspecified atom stereocenters. The van der Waals surface area contributed by atoms with E-state index >= 15 is 0 Å². The van der Waals surface area contributed by atoms with E-state index in [0.717, 1.165) is 65.1 Å². The molecule has 0 bridgehead atoms. The number of piperazine rings is 1. The number of carbonyl (C=O) groups excluding carboxylic acids is 2. The predicted octanol–water partition coefficient (Wildman–Crippen LogP) is 0.974. The van der Waals surface area contributed by atoms with Crippen LogP contribution in [0.4, 0.5) is 0 Å². The number of nitrogens with zero attached hydrogens (tertiary/aromatic N) is 3. The van der Waals surface area contributed by atoms with Crippen LogP contribution in [0.2, 0.25) is 0 Å². The van der Waals surface area contributed by atoms with Crippen LogP contribution in [0.25, 0.3) is 0 Å². The first-order valence-electron chi connectivity index (χ1n) is 10.1. The zero-order chi connectivity index (χ0) is 19.1. The van der Waals surface area contributed by atoms with Crippen LogP contribution < -0.4 is 5.32 Å². The molecule has 1 aromatic rings. The first-order chi connectivity index (χ1) is 13.1. The number of piperidine rings is 1. The highest BCUT2D eigenvalue weighted by atomic mass is 16.2. The summed E-state index contributed by atoms with van der Waals surface area (Å²) in [5.41, 5.74) is 1.38. The van der Waals surface area contributed by atoms with E-state index < -0.39 is 0 Å². The molecule has 148 valence electrons. The van der Waals surface area contributed by atoms with Gasteiger partial charge in [-0.25, -0.2) is 0 Å². The number of nitrogens with one attached hydrogen (secondary N) is 1. The molecule has 6 heteroatoms. The van der Waals surface area contributed by atoms with Gasteiger partial charge in [-0.2, -0.15) is 0 Å². The van der Waals surface area contributed by atoms with Crippen molar-refractivity contribution in [2.45, 2.75) is 32.2 Å². The minimum absolute atomic E-state index is 0.119. The molecule has 2 aliphatic rings. The molecule has 3 rings (SSSR count). The van der Waals surface area contributed by atoms with Crippen LogP contribution in [-0.2, 0) is 16.0 Å². The van der Waals surface area contributed by atoms with E-state index in [1.54, 1.807) is 6.92 Å². The number of rotatable bonds is 6. The van der Waals surface area contributed by atoms with E-state index in [1.807, 2.05) is 4.90 Å². The van der Waals surface area contributed by atoms with Crippen LogP contribution in [0.3, 0.4) is 0 Å². The Bertz CT molecular complexity index is 606. The summed E-state index contributed by atoms with van der Waals surface area (Å²) in [4.78, 5) is 30.3. The summed E-state index contributed by atoms with van der Waals surface area (Å²) in [5, 5.41) is 3.15. The Kier molecular flexibility index (Phi) is 7.24. The average molecular weight is 373 g/mol. The largest absolute Gasteiger partial charge is 0.352 e. The Morgan fingerprint density at radius 1 is 0.963 bits per heavy atom. The van der Waals surface area contributed by atoms with E-state index in [4.69, 9.17) is 0 Å². The van der Waals surface area contributed by atoms with Gasteiger partial charge < -0.3 is 15.1 Å². The van der Waals surface area contributed by atoms with Crippen LogP contribution in [0.1, 0.15) is 25.3 Å². The van der Waals surface area contributed by atoms with Gasteiger partial charge in [-0.05, 0) is 24.8 Å². The second-order valence-corrected chi connectivity index (χ2v) is 7.70. The van der Waals surface area contributed by atoms with Gasteiger partial charge in [0.25, 0.3) is 0 Å². The number of amides is 2. The first kappa shape index (κ1) is 19.8. The summed E-state index contributed by atoms with van der Waals surface area (Å²) in [7, 11) is 0. The molecule has 1 aromatic carbocycles.